The fourth-order valence-corrected chi connectivity index (χ4v) is 4.70. The molecule has 29 heavy (non-hydrogen) atoms. The highest BCUT2D eigenvalue weighted by atomic mass is 32.2. The van der Waals surface area contributed by atoms with Crippen molar-refractivity contribution in [3.8, 4) is 0 Å². The van der Waals surface area contributed by atoms with Crippen molar-refractivity contribution in [3.63, 3.8) is 0 Å². The van der Waals surface area contributed by atoms with Gasteiger partial charge in [0, 0.05) is 23.4 Å². The van der Waals surface area contributed by atoms with E-state index in [0.717, 1.165) is 36.1 Å². The molecule has 0 atom stereocenters. The highest BCUT2D eigenvalue weighted by Crippen LogP contribution is 2.48. The molecule has 2 aromatic carbocycles. The number of aromatic nitrogens is 1. The van der Waals surface area contributed by atoms with Gasteiger partial charge in [-0.2, -0.15) is 0 Å². The van der Waals surface area contributed by atoms with Crippen molar-refractivity contribution in [2.24, 2.45) is 0 Å². The van der Waals surface area contributed by atoms with E-state index in [1.54, 1.807) is 18.7 Å². The molecule has 0 saturated heterocycles. The maximum Gasteiger partial charge on any atom is 0.407 e. The minimum atomic E-state index is -0.346. The third-order valence-corrected chi connectivity index (χ3v) is 5.97. The van der Waals surface area contributed by atoms with Crippen LogP contribution < -0.4 is 10.2 Å². The van der Waals surface area contributed by atoms with Gasteiger partial charge in [-0.25, -0.2) is 9.78 Å². The van der Waals surface area contributed by atoms with Crippen molar-refractivity contribution < 1.29 is 9.53 Å². The summed E-state index contributed by atoms with van der Waals surface area (Å²) in [6.45, 7) is 5.78. The predicted octanol–water partition coefficient (Wildman–Crippen LogP) is 5.67. The summed E-state index contributed by atoms with van der Waals surface area (Å²) in [6.07, 6.45) is 1.48. The van der Waals surface area contributed by atoms with Crippen molar-refractivity contribution >= 4 is 40.3 Å². The molecule has 3 aromatic rings. The maximum atomic E-state index is 11.4. The standard InChI is InChI=1S/C23H25N3O2S/c1-3-28-23(27)24-12-6-7-13-26-19-11-10-16(2)14-20(19)29-21-15-17-8-4-5-9-18(17)25-22(21)26/h4-5,8-11,14-15H,3,6-7,12-13H2,1-2H3,(H,24,27). The molecule has 0 saturated carbocycles. The number of unbranched alkanes of at least 4 members (excludes halogenated alkanes) is 1. The van der Waals surface area contributed by atoms with Gasteiger partial charge in [-0.3, -0.25) is 0 Å². The van der Waals surface area contributed by atoms with Gasteiger partial charge in [-0.15, -0.1) is 0 Å². The molecule has 2 heterocycles. The zero-order valence-electron chi connectivity index (χ0n) is 16.8. The van der Waals surface area contributed by atoms with E-state index < -0.39 is 0 Å². The number of nitrogens with one attached hydrogen (secondary N) is 1. The van der Waals surface area contributed by atoms with Crippen LogP contribution in [0, 0.1) is 6.92 Å². The van der Waals surface area contributed by atoms with E-state index in [4.69, 9.17) is 9.72 Å². The van der Waals surface area contributed by atoms with E-state index in [9.17, 15) is 4.79 Å². The van der Waals surface area contributed by atoms with E-state index in [2.05, 4.69) is 59.6 Å². The van der Waals surface area contributed by atoms with Crippen molar-refractivity contribution in [2.75, 3.05) is 24.6 Å². The molecule has 0 bridgehead atoms. The van der Waals surface area contributed by atoms with Gasteiger partial charge in [0.25, 0.3) is 0 Å². The minimum absolute atomic E-state index is 0.346. The fraction of sp³-hybridized carbons (Fsp3) is 0.304. The van der Waals surface area contributed by atoms with E-state index in [1.165, 1.54) is 21.0 Å². The first-order valence-corrected chi connectivity index (χ1v) is 10.8. The second-order valence-corrected chi connectivity index (χ2v) is 8.17. The second kappa shape index (κ2) is 8.74. The molecule has 1 amide bonds. The molecule has 150 valence electrons. The van der Waals surface area contributed by atoms with E-state index in [0.29, 0.717) is 13.2 Å². The molecule has 0 unspecified atom stereocenters. The first-order chi connectivity index (χ1) is 14.2. The van der Waals surface area contributed by atoms with Gasteiger partial charge >= 0.3 is 6.09 Å². The van der Waals surface area contributed by atoms with E-state index in [-0.39, 0.29) is 6.09 Å². The molecule has 0 radical (unpaired) electrons. The van der Waals surface area contributed by atoms with Crippen LogP contribution in [-0.2, 0) is 4.74 Å². The fourth-order valence-electron chi connectivity index (χ4n) is 3.51. The molecule has 6 heteroatoms. The number of alkyl carbamates (subject to hydrolysis) is 1. The van der Waals surface area contributed by atoms with Crippen LogP contribution in [0.25, 0.3) is 10.9 Å². The van der Waals surface area contributed by atoms with E-state index >= 15 is 0 Å². The number of hydrogen-bond acceptors (Lipinski definition) is 5. The van der Waals surface area contributed by atoms with Crippen molar-refractivity contribution in [3.05, 3.63) is 54.1 Å². The number of nitrogens with zero attached hydrogens (tertiary/aromatic N) is 2. The number of fused-ring (bicyclic) bond motifs is 3. The van der Waals surface area contributed by atoms with Crippen molar-refractivity contribution in [1.82, 2.24) is 10.3 Å². The van der Waals surface area contributed by atoms with Crippen LogP contribution in [0.15, 0.2) is 58.3 Å². The van der Waals surface area contributed by atoms with Crippen LogP contribution in [0.2, 0.25) is 0 Å². The lowest BCUT2D eigenvalue weighted by Gasteiger charge is -2.32. The summed E-state index contributed by atoms with van der Waals surface area (Å²) in [5.41, 5.74) is 3.47. The second-order valence-electron chi connectivity index (χ2n) is 7.08. The van der Waals surface area contributed by atoms with E-state index in [1.807, 2.05) is 6.07 Å². The van der Waals surface area contributed by atoms with Crippen LogP contribution in [-0.4, -0.2) is 30.8 Å². The highest BCUT2D eigenvalue weighted by Gasteiger charge is 2.25. The topological polar surface area (TPSA) is 54.5 Å². The van der Waals surface area contributed by atoms with Crippen molar-refractivity contribution in [2.45, 2.75) is 36.5 Å². The number of amides is 1. The first-order valence-electron chi connectivity index (χ1n) is 10.0. The summed E-state index contributed by atoms with van der Waals surface area (Å²) in [5, 5.41) is 3.95. The van der Waals surface area contributed by atoms with Crippen LogP contribution in [0.3, 0.4) is 0 Å². The molecular weight excluding hydrogens is 382 g/mol. The SMILES string of the molecule is CCOC(=O)NCCCCN1c2ccc(C)cc2Sc2cc3ccccc3nc21. The Hall–Kier alpha value is -2.73. The lowest BCUT2D eigenvalue weighted by atomic mass is 10.1. The number of benzene rings is 2. The monoisotopic (exact) mass is 407 g/mol. The maximum absolute atomic E-state index is 11.4. The van der Waals surface area contributed by atoms with Crippen LogP contribution in [0.4, 0.5) is 16.3 Å². The molecule has 5 nitrogen and oxygen atoms in total. The summed E-state index contributed by atoms with van der Waals surface area (Å²) in [7, 11) is 0. The zero-order chi connectivity index (χ0) is 20.2. The van der Waals surface area contributed by atoms with Gasteiger partial charge in [0.15, 0.2) is 0 Å². The highest BCUT2D eigenvalue weighted by molar-refractivity contribution is 7.99. The zero-order valence-corrected chi connectivity index (χ0v) is 17.6. The van der Waals surface area contributed by atoms with Gasteiger partial charge < -0.3 is 15.0 Å². The van der Waals surface area contributed by atoms with Gasteiger partial charge in [0.1, 0.15) is 5.82 Å². The van der Waals surface area contributed by atoms with Crippen LogP contribution in [0.5, 0.6) is 0 Å². The molecule has 1 aliphatic heterocycles. The number of carbonyl (C=O) groups is 1. The summed E-state index contributed by atoms with van der Waals surface area (Å²) < 4.78 is 4.91. The average molecular weight is 408 g/mol. The molecule has 1 aromatic heterocycles. The Kier molecular flexibility index (Phi) is 5.90. The molecule has 1 N–H and O–H groups in total. The normalized spacial score (nSPS) is 12.4. The Bertz CT molecular complexity index is 1040. The summed E-state index contributed by atoms with van der Waals surface area (Å²) in [4.78, 5) is 21.2. The Balaban J connectivity index is 1.55. The molecule has 1 aliphatic rings. The number of hydrogen-bond donors (Lipinski definition) is 1. The number of pyridine rings is 1. The lowest BCUT2D eigenvalue weighted by molar-refractivity contribution is 0.152. The lowest BCUT2D eigenvalue weighted by Crippen LogP contribution is -2.27. The van der Waals surface area contributed by atoms with Gasteiger partial charge in [0.2, 0.25) is 0 Å². The summed E-state index contributed by atoms with van der Waals surface area (Å²) in [6, 6.07) is 17.1. The Morgan fingerprint density at radius 1 is 1.14 bits per heavy atom. The molecular formula is C23H25N3O2S. The Morgan fingerprint density at radius 3 is 2.86 bits per heavy atom. The van der Waals surface area contributed by atoms with Gasteiger partial charge in [-0.05, 0) is 56.5 Å². The van der Waals surface area contributed by atoms with Crippen LogP contribution >= 0.6 is 11.8 Å². The third-order valence-electron chi connectivity index (χ3n) is 4.91. The Labute approximate surface area is 175 Å². The van der Waals surface area contributed by atoms with Gasteiger partial charge in [-0.1, -0.05) is 36.0 Å². The smallest absolute Gasteiger partial charge is 0.407 e. The number of para-hydroxylation sites is 1. The molecule has 0 fully saturated rings. The first kappa shape index (κ1) is 19.6. The van der Waals surface area contributed by atoms with Crippen LogP contribution in [0.1, 0.15) is 25.3 Å². The molecule has 0 spiro atoms. The number of rotatable bonds is 6. The minimum Gasteiger partial charge on any atom is -0.450 e. The number of anilines is 2. The van der Waals surface area contributed by atoms with Gasteiger partial charge in [0.05, 0.1) is 22.7 Å². The average Bonchev–Trinajstić information content (AvgIpc) is 2.71. The largest absolute Gasteiger partial charge is 0.450 e. The summed E-state index contributed by atoms with van der Waals surface area (Å²) >= 11 is 1.79. The third kappa shape index (κ3) is 4.32. The molecule has 4 rings (SSSR count). The predicted molar refractivity (Wildman–Crippen MR) is 118 cm³/mol. The van der Waals surface area contributed by atoms with Crippen molar-refractivity contribution in [1.29, 1.82) is 0 Å². The number of carbonyl (C=O) groups excluding carboxylic acids is 1. The number of aryl methyl sites for hydroxylation is 1. The molecule has 0 aliphatic carbocycles. The Morgan fingerprint density at radius 2 is 2.00 bits per heavy atom. The number of ether oxygens (including phenoxy) is 1. The summed E-state index contributed by atoms with van der Waals surface area (Å²) in [5.74, 6) is 1.02. The quantitative estimate of drug-likeness (QED) is 0.533.